The van der Waals surface area contributed by atoms with Gasteiger partial charge in [-0.2, -0.15) is 0 Å². The van der Waals surface area contributed by atoms with Crippen LogP contribution in [-0.4, -0.2) is 21.9 Å². The zero-order valence-electron chi connectivity index (χ0n) is 16.0. The first kappa shape index (κ1) is 22.6. The Labute approximate surface area is 177 Å². The number of halogens is 2. The van der Waals surface area contributed by atoms with Gasteiger partial charge in [-0.05, 0) is 56.2 Å². The molecule has 0 heterocycles. The molecule has 0 aliphatic carbocycles. The number of carboxylic acid groups (broad SMARTS) is 1. The lowest BCUT2D eigenvalue weighted by atomic mass is 9.79. The largest absolute Gasteiger partial charge is 0.481 e. The van der Waals surface area contributed by atoms with E-state index in [0.717, 1.165) is 0 Å². The van der Waals surface area contributed by atoms with Crippen LogP contribution >= 0.6 is 23.2 Å². The van der Waals surface area contributed by atoms with E-state index in [-0.39, 0.29) is 22.2 Å². The number of nitro groups is 1. The standard InChI is InChI=1S/C20H20Cl2N2O5/c1-19(2,12-4-7-14(8-5-12)24(28)29)23-17(25)11-20(3,18(26)27)13-6-9-15(21)16(22)10-13/h4-10H,11H2,1-3H3,(H,23,25)(H,26,27). The maximum atomic E-state index is 12.7. The van der Waals surface area contributed by atoms with Gasteiger partial charge in [0, 0.05) is 18.6 Å². The van der Waals surface area contributed by atoms with E-state index in [1.165, 1.54) is 37.3 Å². The Kier molecular flexibility index (Phi) is 6.55. The highest BCUT2D eigenvalue weighted by Crippen LogP contribution is 2.33. The first-order valence-electron chi connectivity index (χ1n) is 8.62. The molecule has 1 atom stereocenters. The topological polar surface area (TPSA) is 110 Å². The third kappa shape index (κ3) is 5.05. The summed E-state index contributed by atoms with van der Waals surface area (Å²) in [6.07, 6.45) is -0.337. The fourth-order valence-electron chi connectivity index (χ4n) is 2.93. The highest BCUT2D eigenvalue weighted by atomic mass is 35.5. The van der Waals surface area contributed by atoms with Gasteiger partial charge in [-0.1, -0.05) is 29.3 Å². The molecule has 1 amide bonds. The fraction of sp³-hybridized carbons (Fsp3) is 0.300. The highest BCUT2D eigenvalue weighted by Gasteiger charge is 2.39. The molecule has 0 bridgehead atoms. The minimum Gasteiger partial charge on any atom is -0.481 e. The number of aliphatic carboxylic acids is 1. The third-order valence-electron chi connectivity index (χ3n) is 4.79. The van der Waals surface area contributed by atoms with E-state index in [9.17, 15) is 24.8 Å². The number of benzene rings is 2. The van der Waals surface area contributed by atoms with E-state index in [4.69, 9.17) is 23.2 Å². The first-order valence-corrected chi connectivity index (χ1v) is 9.37. The maximum absolute atomic E-state index is 12.7. The van der Waals surface area contributed by atoms with Gasteiger partial charge < -0.3 is 10.4 Å². The quantitative estimate of drug-likeness (QED) is 0.481. The van der Waals surface area contributed by atoms with Crippen molar-refractivity contribution >= 4 is 40.8 Å². The molecule has 7 nitrogen and oxygen atoms in total. The van der Waals surface area contributed by atoms with Gasteiger partial charge in [0.25, 0.3) is 5.69 Å². The van der Waals surface area contributed by atoms with Crippen molar-refractivity contribution in [1.29, 1.82) is 0 Å². The Bertz CT molecular complexity index is 960. The summed E-state index contributed by atoms with van der Waals surface area (Å²) in [5.74, 6) is -1.68. The molecule has 0 aromatic heterocycles. The fourth-order valence-corrected chi connectivity index (χ4v) is 3.22. The summed E-state index contributed by atoms with van der Waals surface area (Å²) in [4.78, 5) is 35.0. The lowest BCUT2D eigenvalue weighted by molar-refractivity contribution is -0.384. The van der Waals surface area contributed by atoms with Crippen LogP contribution in [0.5, 0.6) is 0 Å². The van der Waals surface area contributed by atoms with Gasteiger partial charge in [0.15, 0.2) is 0 Å². The number of rotatable bonds is 7. The molecule has 2 aromatic carbocycles. The average Bonchev–Trinajstić information content (AvgIpc) is 2.63. The third-order valence-corrected chi connectivity index (χ3v) is 5.53. The van der Waals surface area contributed by atoms with Crippen LogP contribution in [0, 0.1) is 10.1 Å². The smallest absolute Gasteiger partial charge is 0.314 e. The summed E-state index contributed by atoms with van der Waals surface area (Å²) in [6, 6.07) is 10.2. The average molecular weight is 439 g/mol. The van der Waals surface area contributed by atoms with E-state index >= 15 is 0 Å². The van der Waals surface area contributed by atoms with Gasteiger partial charge in [-0.25, -0.2) is 0 Å². The second kappa shape index (κ2) is 8.39. The molecule has 29 heavy (non-hydrogen) atoms. The summed E-state index contributed by atoms with van der Waals surface area (Å²) in [5.41, 5.74) is -1.47. The zero-order valence-corrected chi connectivity index (χ0v) is 17.5. The Morgan fingerprint density at radius 3 is 2.07 bits per heavy atom. The summed E-state index contributed by atoms with van der Waals surface area (Å²) in [7, 11) is 0. The summed E-state index contributed by atoms with van der Waals surface area (Å²) < 4.78 is 0. The number of carboxylic acids is 1. The second-order valence-electron chi connectivity index (χ2n) is 7.42. The van der Waals surface area contributed by atoms with Crippen LogP contribution in [-0.2, 0) is 20.5 Å². The first-order chi connectivity index (χ1) is 13.4. The molecule has 0 aliphatic heterocycles. The molecular weight excluding hydrogens is 419 g/mol. The van der Waals surface area contributed by atoms with Crippen molar-refractivity contribution in [3.05, 3.63) is 73.8 Å². The molecule has 0 spiro atoms. The van der Waals surface area contributed by atoms with E-state index in [0.29, 0.717) is 11.1 Å². The zero-order chi connectivity index (χ0) is 22.0. The van der Waals surface area contributed by atoms with Crippen LogP contribution in [0.3, 0.4) is 0 Å². The Morgan fingerprint density at radius 1 is 1.03 bits per heavy atom. The molecule has 0 aliphatic rings. The molecule has 0 saturated heterocycles. The van der Waals surface area contributed by atoms with Gasteiger partial charge in [0.2, 0.25) is 5.91 Å². The highest BCUT2D eigenvalue weighted by molar-refractivity contribution is 6.42. The van der Waals surface area contributed by atoms with Crippen molar-refractivity contribution in [2.24, 2.45) is 0 Å². The predicted octanol–water partition coefficient (Wildman–Crippen LogP) is 4.69. The van der Waals surface area contributed by atoms with Crippen molar-refractivity contribution in [1.82, 2.24) is 5.32 Å². The number of nitrogens with one attached hydrogen (secondary N) is 1. The number of non-ortho nitro benzene ring substituents is 1. The molecule has 154 valence electrons. The second-order valence-corrected chi connectivity index (χ2v) is 8.23. The van der Waals surface area contributed by atoms with Crippen LogP contribution < -0.4 is 5.32 Å². The van der Waals surface area contributed by atoms with E-state index in [2.05, 4.69) is 5.32 Å². The van der Waals surface area contributed by atoms with Crippen LogP contribution in [0.15, 0.2) is 42.5 Å². The monoisotopic (exact) mass is 438 g/mol. The number of hydrogen-bond donors (Lipinski definition) is 2. The van der Waals surface area contributed by atoms with Crippen LogP contribution in [0.25, 0.3) is 0 Å². The number of carbonyl (C=O) groups is 2. The molecular formula is C20H20Cl2N2O5. The van der Waals surface area contributed by atoms with Gasteiger partial charge in [-0.15, -0.1) is 0 Å². The molecule has 2 rings (SSSR count). The molecule has 0 radical (unpaired) electrons. The molecule has 0 fully saturated rings. The van der Waals surface area contributed by atoms with Crippen LogP contribution in [0.2, 0.25) is 10.0 Å². The van der Waals surface area contributed by atoms with E-state index < -0.39 is 27.8 Å². The van der Waals surface area contributed by atoms with Gasteiger partial charge in [0.1, 0.15) is 0 Å². The lowest BCUT2D eigenvalue weighted by Crippen LogP contribution is -2.45. The lowest BCUT2D eigenvalue weighted by Gasteiger charge is -2.30. The van der Waals surface area contributed by atoms with Gasteiger partial charge in [0.05, 0.1) is 25.9 Å². The minimum absolute atomic E-state index is 0.0612. The van der Waals surface area contributed by atoms with Crippen LogP contribution in [0.1, 0.15) is 38.3 Å². The predicted molar refractivity (Wildman–Crippen MR) is 110 cm³/mol. The molecule has 9 heteroatoms. The van der Waals surface area contributed by atoms with Gasteiger partial charge >= 0.3 is 5.97 Å². The number of carbonyl (C=O) groups excluding carboxylic acids is 1. The SMILES string of the molecule is CC(C)(NC(=O)CC(C)(C(=O)O)c1ccc(Cl)c(Cl)c1)c1ccc([N+](=O)[O-])cc1. The Morgan fingerprint density at radius 2 is 1.59 bits per heavy atom. The Hall–Kier alpha value is -2.64. The van der Waals surface area contributed by atoms with E-state index in [1.807, 2.05) is 0 Å². The number of amides is 1. The summed E-state index contributed by atoms with van der Waals surface area (Å²) in [6.45, 7) is 4.89. The van der Waals surface area contributed by atoms with Crippen molar-refractivity contribution < 1.29 is 19.6 Å². The summed E-state index contributed by atoms with van der Waals surface area (Å²) >= 11 is 11.9. The molecule has 2 N–H and O–H groups in total. The maximum Gasteiger partial charge on any atom is 0.314 e. The normalized spacial score (nSPS) is 13.4. The molecule has 0 saturated carbocycles. The van der Waals surface area contributed by atoms with Crippen molar-refractivity contribution in [2.45, 2.75) is 38.1 Å². The minimum atomic E-state index is -1.52. The van der Waals surface area contributed by atoms with Crippen molar-refractivity contribution in [2.75, 3.05) is 0 Å². The number of nitrogens with zero attached hydrogens (tertiary/aromatic N) is 1. The van der Waals surface area contributed by atoms with Crippen molar-refractivity contribution in [3.63, 3.8) is 0 Å². The Balaban J connectivity index is 2.24. The van der Waals surface area contributed by atoms with E-state index in [1.54, 1.807) is 26.0 Å². The number of hydrogen-bond acceptors (Lipinski definition) is 4. The number of nitro benzene ring substituents is 1. The summed E-state index contributed by atoms with van der Waals surface area (Å²) in [5, 5.41) is 23.9. The van der Waals surface area contributed by atoms with Gasteiger partial charge in [-0.3, -0.25) is 19.7 Å². The molecule has 2 aromatic rings. The molecule has 1 unspecified atom stereocenters. The van der Waals surface area contributed by atoms with Crippen LogP contribution in [0.4, 0.5) is 5.69 Å². The van der Waals surface area contributed by atoms with Crippen molar-refractivity contribution in [3.8, 4) is 0 Å².